The zero-order valence-corrected chi connectivity index (χ0v) is 26.6. The number of methoxy groups -OCH3 is 4. The number of benzene rings is 3. The van der Waals surface area contributed by atoms with Crippen molar-refractivity contribution in [2.24, 2.45) is 0 Å². The first-order valence-electron chi connectivity index (χ1n) is 13.5. The zero-order valence-electron chi connectivity index (χ0n) is 24.2. The summed E-state index contributed by atoms with van der Waals surface area (Å²) in [5, 5.41) is 3.49. The molecule has 4 rings (SSSR count). The molecule has 11 heteroatoms. The molecule has 0 aromatic heterocycles. The van der Waals surface area contributed by atoms with Crippen LogP contribution in [0, 0.1) is 0 Å². The Labute approximate surface area is 250 Å². The molecular weight excluding hydrogens is 614 g/mol. The van der Waals surface area contributed by atoms with Gasteiger partial charge < -0.3 is 28.4 Å². The van der Waals surface area contributed by atoms with Gasteiger partial charge in [-0.3, -0.25) is 4.31 Å². The van der Waals surface area contributed by atoms with E-state index < -0.39 is 10.0 Å². The van der Waals surface area contributed by atoms with Gasteiger partial charge in [-0.2, -0.15) is 0 Å². The molecule has 224 valence electrons. The van der Waals surface area contributed by atoms with Crippen LogP contribution >= 0.6 is 15.9 Å². The third kappa shape index (κ3) is 7.20. The molecule has 1 aliphatic rings. The summed E-state index contributed by atoms with van der Waals surface area (Å²) in [6, 6.07) is 9.59. The third-order valence-corrected chi connectivity index (χ3v) is 8.92. The van der Waals surface area contributed by atoms with E-state index in [1.807, 2.05) is 30.3 Å². The van der Waals surface area contributed by atoms with Gasteiger partial charge in [-0.15, -0.1) is 0 Å². The molecule has 0 amide bonds. The fraction of sp³-hybridized carbons (Fsp3) is 0.467. The predicted molar refractivity (Wildman–Crippen MR) is 164 cm³/mol. The van der Waals surface area contributed by atoms with E-state index in [-0.39, 0.29) is 12.8 Å². The SMILES string of the molecule is COc1cc2cc(CN(/C(=C/Br)CCCOC3CCCCO3)S(C)(=O)=O)c3cc(OC)c(OC)cc3c2cc1OC. The average molecular weight is 653 g/mol. The molecular formula is C30H38BrNO8S. The van der Waals surface area contributed by atoms with E-state index in [1.165, 1.54) is 10.6 Å². The molecule has 3 aromatic rings. The van der Waals surface area contributed by atoms with Gasteiger partial charge in [0.25, 0.3) is 0 Å². The molecule has 1 heterocycles. The first kappa shape index (κ1) is 31.2. The van der Waals surface area contributed by atoms with E-state index in [4.69, 9.17) is 28.4 Å². The molecule has 1 saturated heterocycles. The van der Waals surface area contributed by atoms with Crippen molar-refractivity contribution in [3.8, 4) is 23.0 Å². The van der Waals surface area contributed by atoms with Crippen LogP contribution in [0.2, 0.25) is 0 Å². The Bertz CT molecular complexity index is 1500. The number of sulfonamides is 1. The lowest BCUT2D eigenvalue weighted by molar-refractivity contribution is -0.162. The summed E-state index contributed by atoms with van der Waals surface area (Å²) in [7, 11) is 2.70. The van der Waals surface area contributed by atoms with Crippen LogP contribution in [0.25, 0.3) is 21.5 Å². The van der Waals surface area contributed by atoms with Crippen molar-refractivity contribution in [1.29, 1.82) is 0 Å². The number of hydrogen-bond acceptors (Lipinski definition) is 8. The molecule has 3 aromatic carbocycles. The minimum atomic E-state index is -3.64. The van der Waals surface area contributed by atoms with Gasteiger partial charge in [-0.05, 0) is 89.5 Å². The van der Waals surface area contributed by atoms with E-state index >= 15 is 0 Å². The number of fused-ring (bicyclic) bond motifs is 3. The summed E-state index contributed by atoms with van der Waals surface area (Å²) in [5.41, 5.74) is 1.42. The summed E-state index contributed by atoms with van der Waals surface area (Å²) in [4.78, 5) is 1.67. The van der Waals surface area contributed by atoms with Gasteiger partial charge in [0.1, 0.15) is 0 Å². The fourth-order valence-electron chi connectivity index (χ4n) is 5.14. The summed E-state index contributed by atoms with van der Waals surface area (Å²) in [6.45, 7) is 1.30. The maximum atomic E-state index is 13.2. The van der Waals surface area contributed by atoms with Crippen molar-refractivity contribution in [1.82, 2.24) is 4.31 Å². The summed E-state index contributed by atoms with van der Waals surface area (Å²) in [5.74, 6) is 2.28. The first-order valence-corrected chi connectivity index (χ1v) is 16.2. The standard InChI is InChI=1S/C30H38BrNO8S/c1-35-26-14-20-13-21(24-16-28(37-3)29(38-4)17-25(24)23(20)15-27(26)36-2)19-32(41(5,33)34)22(18-31)9-8-12-40-30-10-6-7-11-39-30/h13-18,30H,6-12,19H2,1-5H3/b22-18+. The molecule has 41 heavy (non-hydrogen) atoms. The second-order valence-electron chi connectivity index (χ2n) is 9.86. The quantitative estimate of drug-likeness (QED) is 0.156. The lowest BCUT2D eigenvalue weighted by atomic mass is 9.96. The molecule has 0 N–H and O–H groups in total. The second-order valence-corrected chi connectivity index (χ2v) is 12.2. The van der Waals surface area contributed by atoms with Crippen molar-refractivity contribution in [3.05, 3.63) is 46.6 Å². The maximum Gasteiger partial charge on any atom is 0.232 e. The normalized spacial score (nSPS) is 16.1. The molecule has 1 unspecified atom stereocenters. The second kappa shape index (κ2) is 14.0. The zero-order chi connectivity index (χ0) is 29.6. The number of halogens is 1. The van der Waals surface area contributed by atoms with Gasteiger partial charge in [0.2, 0.25) is 10.0 Å². The van der Waals surface area contributed by atoms with Crippen LogP contribution in [0.1, 0.15) is 37.7 Å². The van der Waals surface area contributed by atoms with Gasteiger partial charge in [0.15, 0.2) is 29.3 Å². The maximum absolute atomic E-state index is 13.2. The lowest BCUT2D eigenvalue weighted by Gasteiger charge is -2.27. The Kier molecular flexibility index (Phi) is 10.6. The molecule has 9 nitrogen and oxygen atoms in total. The van der Waals surface area contributed by atoms with Crippen LogP contribution in [0.3, 0.4) is 0 Å². The third-order valence-electron chi connectivity index (χ3n) is 7.22. The van der Waals surface area contributed by atoms with Crippen LogP contribution in [0.5, 0.6) is 23.0 Å². The Morgan fingerprint density at radius 1 is 0.927 bits per heavy atom. The number of ether oxygens (including phenoxy) is 6. The smallest absolute Gasteiger partial charge is 0.232 e. The van der Waals surface area contributed by atoms with E-state index in [2.05, 4.69) is 15.9 Å². The van der Waals surface area contributed by atoms with E-state index in [1.54, 1.807) is 33.4 Å². The van der Waals surface area contributed by atoms with Crippen LogP contribution < -0.4 is 18.9 Å². The molecule has 0 bridgehead atoms. The Morgan fingerprint density at radius 3 is 2.10 bits per heavy atom. The minimum absolute atomic E-state index is 0.110. The monoisotopic (exact) mass is 651 g/mol. The van der Waals surface area contributed by atoms with Gasteiger partial charge in [-0.25, -0.2) is 8.42 Å². The summed E-state index contributed by atoms with van der Waals surface area (Å²) in [6.07, 6.45) is 5.21. The molecule has 1 fully saturated rings. The Balaban J connectivity index is 1.74. The fourth-order valence-corrected chi connectivity index (χ4v) is 6.70. The average Bonchev–Trinajstić information content (AvgIpc) is 2.98. The lowest BCUT2D eigenvalue weighted by Crippen LogP contribution is -2.29. The van der Waals surface area contributed by atoms with E-state index in [0.717, 1.165) is 46.4 Å². The number of hydrogen-bond donors (Lipinski definition) is 0. The topological polar surface area (TPSA) is 92.8 Å². The predicted octanol–water partition coefficient (Wildman–Crippen LogP) is 6.35. The number of allylic oxidation sites excluding steroid dienone is 1. The molecule has 0 spiro atoms. The van der Waals surface area contributed by atoms with Crippen molar-refractivity contribution in [2.75, 3.05) is 47.9 Å². The van der Waals surface area contributed by atoms with Gasteiger partial charge >= 0.3 is 0 Å². The van der Waals surface area contributed by atoms with E-state index in [0.29, 0.717) is 54.8 Å². The highest BCUT2D eigenvalue weighted by Gasteiger charge is 2.23. The van der Waals surface area contributed by atoms with Gasteiger partial charge in [-0.1, -0.05) is 15.9 Å². The number of rotatable bonds is 13. The minimum Gasteiger partial charge on any atom is -0.493 e. The van der Waals surface area contributed by atoms with Crippen molar-refractivity contribution in [2.45, 2.75) is 44.9 Å². The van der Waals surface area contributed by atoms with Gasteiger partial charge in [0, 0.05) is 17.3 Å². The molecule has 0 saturated carbocycles. The largest absolute Gasteiger partial charge is 0.493 e. The van der Waals surface area contributed by atoms with Crippen molar-refractivity contribution >= 4 is 47.5 Å². The Morgan fingerprint density at radius 2 is 1.54 bits per heavy atom. The van der Waals surface area contributed by atoms with E-state index in [9.17, 15) is 8.42 Å². The van der Waals surface area contributed by atoms with Crippen molar-refractivity contribution in [3.63, 3.8) is 0 Å². The molecule has 0 aliphatic carbocycles. The highest BCUT2D eigenvalue weighted by molar-refractivity contribution is 9.11. The van der Waals surface area contributed by atoms with Crippen LogP contribution in [-0.4, -0.2) is 66.9 Å². The molecule has 0 radical (unpaired) electrons. The highest BCUT2D eigenvalue weighted by Crippen LogP contribution is 2.42. The first-order chi connectivity index (χ1) is 19.7. The van der Waals surface area contributed by atoms with Crippen LogP contribution in [0.15, 0.2) is 41.0 Å². The van der Waals surface area contributed by atoms with Gasteiger partial charge in [0.05, 0.1) is 47.8 Å². The Hall–Kier alpha value is -2.73. The highest BCUT2D eigenvalue weighted by atomic mass is 79.9. The molecule has 1 aliphatic heterocycles. The molecule has 1 atom stereocenters. The number of nitrogens with zero attached hydrogens (tertiary/aromatic N) is 1. The summed E-state index contributed by atoms with van der Waals surface area (Å²) >= 11 is 3.42. The summed E-state index contributed by atoms with van der Waals surface area (Å²) < 4.78 is 61.6. The van der Waals surface area contributed by atoms with Crippen LogP contribution in [0.4, 0.5) is 0 Å². The van der Waals surface area contributed by atoms with Crippen molar-refractivity contribution < 1.29 is 36.8 Å². The van der Waals surface area contributed by atoms with Crippen LogP contribution in [-0.2, 0) is 26.0 Å².